The molecule has 0 aliphatic carbocycles. The van der Waals surface area contributed by atoms with Crippen molar-refractivity contribution in [1.29, 1.82) is 0 Å². The van der Waals surface area contributed by atoms with Crippen molar-refractivity contribution in [2.24, 2.45) is 5.73 Å². The zero-order valence-corrected chi connectivity index (χ0v) is 8.31. The molecular formula is C6H11NO3S2. The first kappa shape index (κ1) is 11.8. The number of rotatable bonds is 5. The summed E-state index contributed by atoms with van der Waals surface area (Å²) in [4.78, 5) is 20.9. The third-order valence-electron chi connectivity index (χ3n) is 1.03. The maximum absolute atomic E-state index is 11.1. The molecule has 0 aromatic rings. The Morgan fingerprint density at radius 1 is 1.83 bits per heavy atom. The predicted molar refractivity (Wildman–Crippen MR) is 51.0 cm³/mol. The molecule has 0 fully saturated rings. The molecule has 0 aliphatic rings. The summed E-state index contributed by atoms with van der Waals surface area (Å²) in [6.45, 7) is 1.90. The molecule has 0 radical (unpaired) electrons. The van der Waals surface area contributed by atoms with Gasteiger partial charge in [0.25, 0.3) is 6.47 Å². The monoisotopic (exact) mass is 209 g/mol. The van der Waals surface area contributed by atoms with Gasteiger partial charge in [-0.15, -0.1) is 0 Å². The average molecular weight is 209 g/mol. The maximum Gasteiger partial charge on any atom is 0.294 e. The van der Waals surface area contributed by atoms with Crippen molar-refractivity contribution < 1.29 is 14.3 Å². The summed E-state index contributed by atoms with van der Waals surface area (Å²) in [5.41, 5.74) is 4.89. The van der Waals surface area contributed by atoms with Gasteiger partial charge in [-0.1, -0.05) is 0 Å². The zero-order chi connectivity index (χ0) is 9.56. The molecule has 70 valence electrons. The molecule has 2 atom stereocenters. The Morgan fingerprint density at radius 2 is 2.42 bits per heavy atom. The molecule has 0 amide bonds. The first-order valence-electron chi connectivity index (χ1n) is 3.27. The van der Waals surface area contributed by atoms with Gasteiger partial charge in [0.15, 0.2) is 5.44 Å². The van der Waals surface area contributed by atoms with E-state index in [0.29, 0.717) is 12.2 Å². The van der Waals surface area contributed by atoms with Crippen LogP contribution >= 0.6 is 24.4 Å². The molecule has 0 heterocycles. The molecule has 12 heavy (non-hydrogen) atoms. The van der Waals surface area contributed by atoms with Crippen LogP contribution in [0, 0.1) is 0 Å². The second kappa shape index (κ2) is 6.33. The largest absolute Gasteiger partial charge is 0.453 e. The van der Waals surface area contributed by atoms with E-state index >= 15 is 0 Å². The lowest BCUT2D eigenvalue weighted by molar-refractivity contribution is -0.129. The minimum absolute atomic E-state index is 0.223. The summed E-state index contributed by atoms with van der Waals surface area (Å²) in [6, 6.07) is -0.601. The van der Waals surface area contributed by atoms with E-state index in [1.165, 1.54) is 0 Å². The van der Waals surface area contributed by atoms with Gasteiger partial charge in [0, 0.05) is 5.75 Å². The first-order chi connectivity index (χ1) is 5.61. The highest BCUT2D eigenvalue weighted by Gasteiger charge is 2.16. The predicted octanol–water partition coefficient (Wildman–Crippen LogP) is 0.0223. The SMILES string of the molecule is CC(OC=O)SC(=O)C(N)CS. The molecule has 0 aromatic heterocycles. The van der Waals surface area contributed by atoms with E-state index in [0.717, 1.165) is 11.8 Å². The number of hydrogen-bond donors (Lipinski definition) is 2. The van der Waals surface area contributed by atoms with Crippen molar-refractivity contribution in [3.05, 3.63) is 0 Å². The summed E-state index contributed by atoms with van der Waals surface area (Å²) in [5, 5.41) is -0.223. The Kier molecular flexibility index (Phi) is 6.23. The molecule has 0 aromatic carbocycles. The molecule has 0 spiro atoms. The zero-order valence-electron chi connectivity index (χ0n) is 6.60. The topological polar surface area (TPSA) is 69.4 Å². The molecule has 0 bridgehead atoms. The van der Waals surface area contributed by atoms with Gasteiger partial charge in [0.1, 0.15) is 0 Å². The fourth-order valence-electron chi connectivity index (χ4n) is 0.432. The van der Waals surface area contributed by atoms with E-state index in [2.05, 4.69) is 17.4 Å². The Morgan fingerprint density at radius 3 is 2.83 bits per heavy atom. The highest BCUT2D eigenvalue weighted by atomic mass is 32.2. The van der Waals surface area contributed by atoms with Crippen LogP contribution in [0.4, 0.5) is 0 Å². The minimum Gasteiger partial charge on any atom is -0.453 e. The van der Waals surface area contributed by atoms with Crippen LogP contribution in [0.2, 0.25) is 0 Å². The molecule has 4 nitrogen and oxygen atoms in total. The van der Waals surface area contributed by atoms with E-state index < -0.39 is 11.5 Å². The highest BCUT2D eigenvalue weighted by Crippen LogP contribution is 2.13. The van der Waals surface area contributed by atoms with Gasteiger partial charge in [0.05, 0.1) is 6.04 Å². The van der Waals surface area contributed by atoms with Crippen molar-refractivity contribution in [2.75, 3.05) is 5.75 Å². The Labute approximate surface area is 80.6 Å². The summed E-state index contributed by atoms with van der Waals surface area (Å²) in [5.74, 6) is 0.291. The molecule has 2 N–H and O–H groups in total. The number of thiol groups is 1. The molecule has 2 unspecified atom stereocenters. The van der Waals surface area contributed by atoms with Crippen LogP contribution < -0.4 is 5.73 Å². The maximum atomic E-state index is 11.1. The minimum atomic E-state index is -0.601. The van der Waals surface area contributed by atoms with Crippen molar-refractivity contribution in [3.8, 4) is 0 Å². The van der Waals surface area contributed by atoms with Gasteiger partial charge >= 0.3 is 0 Å². The normalized spacial score (nSPS) is 14.9. The number of carbonyl (C=O) groups excluding carboxylic acids is 2. The third kappa shape index (κ3) is 4.63. The first-order valence-corrected chi connectivity index (χ1v) is 4.79. The fourth-order valence-corrected chi connectivity index (χ4v) is 1.41. The van der Waals surface area contributed by atoms with Crippen LogP contribution in [-0.4, -0.2) is 28.8 Å². The lowest BCUT2D eigenvalue weighted by Gasteiger charge is -2.10. The summed E-state index contributed by atoms with van der Waals surface area (Å²) < 4.78 is 4.49. The van der Waals surface area contributed by atoms with Crippen LogP contribution in [0.5, 0.6) is 0 Å². The highest BCUT2D eigenvalue weighted by molar-refractivity contribution is 8.14. The van der Waals surface area contributed by atoms with Gasteiger partial charge in [0.2, 0.25) is 5.12 Å². The van der Waals surface area contributed by atoms with Gasteiger partial charge in [-0.3, -0.25) is 9.59 Å². The average Bonchev–Trinajstić information content (AvgIpc) is 2.03. The Balaban J connectivity index is 3.75. The van der Waals surface area contributed by atoms with Crippen LogP contribution in [0.3, 0.4) is 0 Å². The van der Waals surface area contributed by atoms with Gasteiger partial charge in [-0.25, -0.2) is 0 Å². The van der Waals surface area contributed by atoms with Gasteiger partial charge < -0.3 is 10.5 Å². The van der Waals surface area contributed by atoms with E-state index in [4.69, 9.17) is 5.73 Å². The summed E-state index contributed by atoms with van der Waals surface area (Å²) in [6.07, 6.45) is 0. The summed E-state index contributed by atoms with van der Waals surface area (Å²) in [7, 11) is 0. The second-order valence-corrected chi connectivity index (χ2v) is 3.69. The number of ether oxygens (including phenoxy) is 1. The van der Waals surface area contributed by atoms with Crippen LogP contribution in [0.15, 0.2) is 0 Å². The smallest absolute Gasteiger partial charge is 0.294 e. The molecule has 6 heteroatoms. The standard InChI is InChI=1S/C6H11NO3S2/c1-4(10-3-8)12-6(9)5(7)2-11/h3-5,11H,2,7H2,1H3. The Bertz CT molecular complexity index is 165. The quantitative estimate of drug-likeness (QED) is 0.379. The lowest BCUT2D eigenvalue weighted by atomic mass is 10.4. The molecule has 0 saturated heterocycles. The van der Waals surface area contributed by atoms with E-state index in [1.807, 2.05) is 0 Å². The van der Waals surface area contributed by atoms with Gasteiger partial charge in [-0.05, 0) is 18.7 Å². The lowest BCUT2D eigenvalue weighted by Crippen LogP contribution is -2.31. The molecule has 0 rings (SSSR count). The van der Waals surface area contributed by atoms with Crippen molar-refractivity contribution in [1.82, 2.24) is 0 Å². The number of thioether (sulfide) groups is 1. The van der Waals surface area contributed by atoms with Crippen molar-refractivity contribution in [2.45, 2.75) is 18.4 Å². The molecule has 0 aliphatic heterocycles. The molecule has 0 saturated carbocycles. The number of carbonyl (C=O) groups is 2. The Hall–Kier alpha value is -0.200. The number of hydrogen-bond acceptors (Lipinski definition) is 6. The van der Waals surface area contributed by atoms with E-state index in [9.17, 15) is 9.59 Å². The van der Waals surface area contributed by atoms with Crippen molar-refractivity contribution >= 4 is 36.0 Å². The van der Waals surface area contributed by atoms with Crippen LogP contribution in [0.25, 0.3) is 0 Å². The van der Waals surface area contributed by atoms with Crippen molar-refractivity contribution in [3.63, 3.8) is 0 Å². The van der Waals surface area contributed by atoms with Gasteiger partial charge in [-0.2, -0.15) is 12.6 Å². The van der Waals surface area contributed by atoms with E-state index in [1.54, 1.807) is 6.92 Å². The number of nitrogens with two attached hydrogens (primary N) is 1. The molecular weight excluding hydrogens is 198 g/mol. The third-order valence-corrected chi connectivity index (χ3v) is 2.40. The van der Waals surface area contributed by atoms with Crippen LogP contribution in [-0.2, 0) is 14.3 Å². The fraction of sp³-hybridized carbons (Fsp3) is 0.667. The van der Waals surface area contributed by atoms with Crippen LogP contribution in [0.1, 0.15) is 6.92 Å². The van der Waals surface area contributed by atoms with E-state index in [-0.39, 0.29) is 5.12 Å². The second-order valence-electron chi connectivity index (χ2n) is 2.03. The summed E-state index contributed by atoms with van der Waals surface area (Å²) >= 11 is 4.75.